The molecule has 0 aliphatic rings. The molecule has 0 fully saturated rings. The largest absolute Gasteiger partial charge is 0.427 e. The molecule has 4 heteroatoms. The predicted octanol–water partition coefficient (Wildman–Crippen LogP) is 1.28. The van der Waals surface area contributed by atoms with Crippen LogP contribution < -0.4 is 5.49 Å². The van der Waals surface area contributed by atoms with Gasteiger partial charge in [0.2, 0.25) is 0 Å². The number of hydrogen-bond donors (Lipinski definition) is 2. The van der Waals surface area contributed by atoms with Crippen LogP contribution in [0.3, 0.4) is 0 Å². The van der Waals surface area contributed by atoms with Crippen molar-refractivity contribution < 1.29 is 5.21 Å². The summed E-state index contributed by atoms with van der Waals surface area (Å²) >= 11 is 3.22. The topological polar surface area (TPSA) is 49.0 Å². The first-order valence-electron chi connectivity index (χ1n) is 2.74. The first-order valence-corrected chi connectivity index (χ1v) is 3.53. The third kappa shape index (κ3) is 1.21. The van der Waals surface area contributed by atoms with Crippen molar-refractivity contribution in [2.75, 3.05) is 0 Å². The van der Waals surface area contributed by atoms with Crippen molar-refractivity contribution in [2.45, 2.75) is 6.92 Å². The smallest absolute Gasteiger partial charge is 0.160 e. The maximum Gasteiger partial charge on any atom is 0.160 e. The van der Waals surface area contributed by atoms with Crippen molar-refractivity contribution >= 4 is 15.9 Å². The molecule has 0 aliphatic carbocycles. The second-order valence-electron chi connectivity index (χ2n) is 2.03. The highest BCUT2D eigenvalue weighted by Gasteiger charge is 1.94. The van der Waals surface area contributed by atoms with Crippen molar-refractivity contribution in [1.29, 1.82) is 5.41 Å². The number of halogens is 1. The van der Waals surface area contributed by atoms with Crippen molar-refractivity contribution in [1.82, 2.24) is 4.73 Å². The van der Waals surface area contributed by atoms with Crippen LogP contribution in [0, 0.1) is 12.3 Å². The lowest BCUT2D eigenvalue weighted by atomic mass is 10.3. The zero-order valence-corrected chi connectivity index (χ0v) is 7.01. The summed E-state index contributed by atoms with van der Waals surface area (Å²) in [4.78, 5) is 0. The fourth-order valence-corrected chi connectivity index (χ4v) is 0.927. The molecule has 1 heterocycles. The van der Waals surface area contributed by atoms with Gasteiger partial charge in [-0.3, -0.25) is 5.41 Å². The number of nitrogens with zero attached hydrogens (tertiary/aromatic N) is 1. The van der Waals surface area contributed by atoms with E-state index in [1.807, 2.05) is 6.92 Å². The number of aromatic nitrogens is 1. The Kier molecular flexibility index (Phi) is 1.80. The van der Waals surface area contributed by atoms with Gasteiger partial charge < -0.3 is 5.21 Å². The number of nitrogens with one attached hydrogen (secondary N) is 1. The minimum Gasteiger partial charge on any atom is -0.427 e. The van der Waals surface area contributed by atoms with Gasteiger partial charge in [0, 0.05) is 4.47 Å². The molecule has 2 N–H and O–H groups in total. The molecule has 0 radical (unpaired) electrons. The summed E-state index contributed by atoms with van der Waals surface area (Å²) in [7, 11) is 0. The number of hydrogen-bond acceptors (Lipinski definition) is 2. The number of aryl methyl sites for hydroxylation is 1. The highest BCUT2D eigenvalue weighted by atomic mass is 79.9. The van der Waals surface area contributed by atoms with E-state index in [-0.39, 0.29) is 5.49 Å². The van der Waals surface area contributed by atoms with Crippen LogP contribution >= 0.6 is 15.9 Å². The lowest BCUT2D eigenvalue weighted by Gasteiger charge is -1.99. The fourth-order valence-electron chi connectivity index (χ4n) is 0.619. The number of pyridine rings is 1. The molecule has 0 atom stereocenters. The van der Waals surface area contributed by atoms with Crippen LogP contribution in [0.4, 0.5) is 0 Å². The number of rotatable bonds is 0. The standard InChI is InChI=1S/C6H7BrN2O/c1-4-2-6(8)9(10)3-5(4)7/h2-3,8,10H,1H3. The van der Waals surface area contributed by atoms with E-state index in [9.17, 15) is 0 Å². The van der Waals surface area contributed by atoms with E-state index in [0.29, 0.717) is 0 Å². The molecule has 0 aromatic carbocycles. The average Bonchev–Trinajstić information content (AvgIpc) is 1.84. The molecule has 0 unspecified atom stereocenters. The highest BCUT2D eigenvalue weighted by molar-refractivity contribution is 9.10. The Morgan fingerprint density at radius 2 is 2.30 bits per heavy atom. The highest BCUT2D eigenvalue weighted by Crippen LogP contribution is 2.10. The molecule has 0 aliphatic heterocycles. The molecule has 0 spiro atoms. The zero-order chi connectivity index (χ0) is 7.72. The Hall–Kier alpha value is -0.770. The molecule has 0 amide bonds. The summed E-state index contributed by atoms with van der Waals surface area (Å²) in [6.45, 7) is 1.86. The van der Waals surface area contributed by atoms with E-state index in [0.717, 1.165) is 14.8 Å². The van der Waals surface area contributed by atoms with Gasteiger partial charge in [-0.1, -0.05) is 0 Å². The predicted molar refractivity (Wildman–Crippen MR) is 39.9 cm³/mol. The van der Waals surface area contributed by atoms with Gasteiger partial charge in [-0.2, -0.15) is 4.73 Å². The molecule has 0 bridgehead atoms. The maximum absolute atomic E-state index is 8.92. The van der Waals surface area contributed by atoms with E-state index in [1.54, 1.807) is 6.07 Å². The molecular formula is C6H7BrN2O. The monoisotopic (exact) mass is 202 g/mol. The minimum atomic E-state index is 0.0840. The second-order valence-corrected chi connectivity index (χ2v) is 2.89. The third-order valence-corrected chi connectivity index (χ3v) is 2.04. The summed E-state index contributed by atoms with van der Waals surface area (Å²) in [5, 5.41) is 16.1. The Balaban J connectivity index is 3.43. The molecule has 10 heavy (non-hydrogen) atoms. The summed E-state index contributed by atoms with van der Waals surface area (Å²) in [5.41, 5.74) is 1.02. The van der Waals surface area contributed by atoms with Crippen molar-refractivity contribution in [3.8, 4) is 0 Å². The van der Waals surface area contributed by atoms with Crippen LogP contribution in [0.25, 0.3) is 0 Å². The Morgan fingerprint density at radius 1 is 1.70 bits per heavy atom. The lowest BCUT2D eigenvalue weighted by molar-refractivity contribution is 0.169. The summed E-state index contributed by atoms with van der Waals surface area (Å²) in [6.07, 6.45) is 1.44. The summed E-state index contributed by atoms with van der Waals surface area (Å²) in [5.74, 6) is 0. The molecule has 1 aromatic rings. The maximum atomic E-state index is 8.92. The SMILES string of the molecule is Cc1cc(=N)n(O)cc1Br. The Morgan fingerprint density at radius 3 is 2.80 bits per heavy atom. The van der Waals surface area contributed by atoms with Crippen molar-refractivity contribution in [2.24, 2.45) is 0 Å². The molecule has 54 valence electrons. The molecule has 0 saturated heterocycles. The van der Waals surface area contributed by atoms with E-state index < -0.39 is 0 Å². The third-order valence-electron chi connectivity index (χ3n) is 1.21. The van der Waals surface area contributed by atoms with Gasteiger partial charge in [0.05, 0.1) is 6.20 Å². The first kappa shape index (κ1) is 7.34. The van der Waals surface area contributed by atoms with Gasteiger partial charge in [-0.05, 0) is 34.5 Å². The molecule has 1 aromatic heterocycles. The quantitative estimate of drug-likeness (QED) is 0.613. The van der Waals surface area contributed by atoms with Gasteiger partial charge in [-0.15, -0.1) is 0 Å². The van der Waals surface area contributed by atoms with Crippen LogP contribution in [-0.4, -0.2) is 9.94 Å². The average molecular weight is 203 g/mol. The van der Waals surface area contributed by atoms with Gasteiger partial charge in [0.15, 0.2) is 5.49 Å². The van der Waals surface area contributed by atoms with E-state index in [1.165, 1.54) is 6.20 Å². The molecule has 3 nitrogen and oxygen atoms in total. The van der Waals surface area contributed by atoms with Gasteiger partial charge in [-0.25, -0.2) is 0 Å². The van der Waals surface area contributed by atoms with Crippen LogP contribution in [-0.2, 0) is 0 Å². The van der Waals surface area contributed by atoms with Gasteiger partial charge in [0.25, 0.3) is 0 Å². The van der Waals surface area contributed by atoms with Crippen LogP contribution in [0.2, 0.25) is 0 Å². The fraction of sp³-hybridized carbons (Fsp3) is 0.167. The normalized spacial score (nSPS) is 9.80. The van der Waals surface area contributed by atoms with Gasteiger partial charge in [0.1, 0.15) is 0 Å². The Bertz CT molecular complexity index is 305. The van der Waals surface area contributed by atoms with Crippen LogP contribution in [0.1, 0.15) is 5.56 Å². The summed E-state index contributed by atoms with van der Waals surface area (Å²) in [6, 6.07) is 1.57. The first-order chi connectivity index (χ1) is 4.61. The van der Waals surface area contributed by atoms with Crippen LogP contribution in [0.5, 0.6) is 0 Å². The molecular weight excluding hydrogens is 196 g/mol. The van der Waals surface area contributed by atoms with E-state index in [4.69, 9.17) is 10.6 Å². The molecule has 0 saturated carbocycles. The molecule has 1 rings (SSSR count). The van der Waals surface area contributed by atoms with Crippen molar-refractivity contribution in [3.05, 3.63) is 27.8 Å². The lowest BCUT2D eigenvalue weighted by Crippen LogP contribution is -2.16. The van der Waals surface area contributed by atoms with E-state index >= 15 is 0 Å². The Labute approximate surface area is 66.5 Å². The second kappa shape index (κ2) is 2.46. The van der Waals surface area contributed by atoms with Crippen LogP contribution in [0.15, 0.2) is 16.7 Å². The van der Waals surface area contributed by atoms with Crippen molar-refractivity contribution in [3.63, 3.8) is 0 Å². The summed E-state index contributed by atoms with van der Waals surface area (Å²) < 4.78 is 1.56. The van der Waals surface area contributed by atoms with E-state index in [2.05, 4.69) is 15.9 Å². The zero-order valence-electron chi connectivity index (χ0n) is 5.43. The minimum absolute atomic E-state index is 0.0840. The van der Waals surface area contributed by atoms with Gasteiger partial charge >= 0.3 is 0 Å².